The summed E-state index contributed by atoms with van der Waals surface area (Å²) < 4.78 is 22.3. The first-order chi connectivity index (χ1) is 6.18. The summed E-state index contributed by atoms with van der Waals surface area (Å²) in [5.41, 5.74) is -0.0719. The lowest BCUT2D eigenvalue weighted by Gasteiger charge is -2.16. The highest BCUT2D eigenvalue weighted by Gasteiger charge is 2.52. The van der Waals surface area contributed by atoms with Crippen LogP contribution in [0.25, 0.3) is 0 Å². The fraction of sp³-hybridized carbons (Fsp3) is 1.00. The van der Waals surface area contributed by atoms with Crippen molar-refractivity contribution in [3.05, 3.63) is 0 Å². The van der Waals surface area contributed by atoms with Gasteiger partial charge in [0.05, 0.1) is 18.9 Å². The van der Waals surface area contributed by atoms with E-state index in [-0.39, 0.29) is 18.2 Å². The van der Waals surface area contributed by atoms with Gasteiger partial charge in [-0.05, 0) is 26.2 Å². The minimum absolute atomic E-state index is 0.0719. The number of aliphatic hydroxyl groups excluding tert-OH is 1. The summed E-state index contributed by atoms with van der Waals surface area (Å²) in [7, 11) is -2.91. The molecule has 1 saturated carbocycles. The molecule has 0 unspecified atom stereocenters. The molecule has 1 fully saturated rings. The number of hydrogen-bond acceptors (Lipinski definition) is 4. The second-order valence-electron chi connectivity index (χ2n) is 3.12. The van der Waals surface area contributed by atoms with Crippen LogP contribution in [0.3, 0.4) is 0 Å². The molecular weight excluding hydrogens is 191 g/mol. The Bertz CT molecular complexity index is 196. The second kappa shape index (κ2) is 4.56. The van der Waals surface area contributed by atoms with Crippen molar-refractivity contribution in [1.29, 1.82) is 0 Å². The summed E-state index contributed by atoms with van der Waals surface area (Å²) in [5, 5.41) is 8.84. The van der Waals surface area contributed by atoms with Gasteiger partial charge in [0, 0.05) is 6.61 Å². The van der Waals surface area contributed by atoms with Gasteiger partial charge >= 0.3 is 7.60 Å². The number of aliphatic hydroxyl groups is 1. The van der Waals surface area contributed by atoms with Gasteiger partial charge in [0.1, 0.15) is 0 Å². The molecule has 0 radical (unpaired) electrons. The average Bonchev–Trinajstić information content (AvgIpc) is 2.84. The molecule has 0 aliphatic heterocycles. The molecule has 0 aromatic carbocycles. The maximum Gasteiger partial charge on any atom is 0.334 e. The Morgan fingerprint density at radius 1 is 1.38 bits per heavy atom. The first kappa shape index (κ1) is 11.2. The van der Waals surface area contributed by atoms with E-state index in [1.165, 1.54) is 0 Å². The monoisotopic (exact) mass is 208 g/mol. The van der Waals surface area contributed by atoms with Crippen LogP contribution >= 0.6 is 7.60 Å². The topological polar surface area (TPSA) is 55.8 Å². The molecule has 4 nitrogen and oxygen atoms in total. The molecule has 5 heteroatoms. The van der Waals surface area contributed by atoms with Crippen LogP contribution in [0.15, 0.2) is 0 Å². The third-order valence-electron chi connectivity index (χ3n) is 2.14. The van der Waals surface area contributed by atoms with Gasteiger partial charge in [0.25, 0.3) is 0 Å². The average molecular weight is 208 g/mol. The number of rotatable bonds is 6. The van der Waals surface area contributed by atoms with E-state index in [9.17, 15) is 4.57 Å². The van der Waals surface area contributed by atoms with Crippen LogP contribution < -0.4 is 0 Å². The molecule has 0 amide bonds. The smallest absolute Gasteiger partial charge is 0.334 e. The third-order valence-corrected chi connectivity index (χ3v) is 4.83. The Kier molecular flexibility index (Phi) is 3.92. The Hall–Kier alpha value is 0.110. The maximum absolute atomic E-state index is 12.0. The summed E-state index contributed by atoms with van der Waals surface area (Å²) in [5.74, 6) is 0.115. The van der Waals surface area contributed by atoms with Crippen molar-refractivity contribution in [1.82, 2.24) is 0 Å². The molecule has 2 atom stereocenters. The van der Waals surface area contributed by atoms with Crippen LogP contribution in [-0.2, 0) is 13.6 Å². The minimum atomic E-state index is -2.91. The molecule has 13 heavy (non-hydrogen) atoms. The fourth-order valence-electron chi connectivity index (χ4n) is 1.40. The molecule has 0 aromatic heterocycles. The van der Waals surface area contributed by atoms with Crippen molar-refractivity contribution < 1.29 is 18.7 Å². The first-order valence-electron chi connectivity index (χ1n) is 4.67. The van der Waals surface area contributed by atoms with Gasteiger partial charge < -0.3 is 14.2 Å². The van der Waals surface area contributed by atoms with Gasteiger partial charge in [-0.15, -0.1) is 0 Å². The van der Waals surface area contributed by atoms with Gasteiger partial charge in [-0.25, -0.2) is 0 Å². The first-order valence-corrected chi connectivity index (χ1v) is 6.28. The fourth-order valence-corrected chi connectivity index (χ4v) is 3.72. The van der Waals surface area contributed by atoms with Crippen molar-refractivity contribution >= 4 is 7.60 Å². The zero-order chi connectivity index (χ0) is 9.90. The summed E-state index contributed by atoms with van der Waals surface area (Å²) in [4.78, 5) is 0. The zero-order valence-electron chi connectivity index (χ0n) is 8.10. The van der Waals surface area contributed by atoms with E-state index in [0.717, 1.165) is 6.42 Å². The van der Waals surface area contributed by atoms with E-state index in [1.807, 2.05) is 0 Å². The Balaban J connectivity index is 2.53. The summed E-state index contributed by atoms with van der Waals surface area (Å²) in [6.07, 6.45) is 0.758. The lowest BCUT2D eigenvalue weighted by Crippen LogP contribution is -2.03. The molecule has 0 saturated heterocycles. The molecule has 0 heterocycles. The van der Waals surface area contributed by atoms with E-state index in [4.69, 9.17) is 14.2 Å². The quantitative estimate of drug-likeness (QED) is 0.674. The van der Waals surface area contributed by atoms with Crippen molar-refractivity contribution in [3.63, 3.8) is 0 Å². The van der Waals surface area contributed by atoms with E-state index in [0.29, 0.717) is 13.2 Å². The molecule has 1 aliphatic rings. The van der Waals surface area contributed by atoms with Crippen LogP contribution in [0.2, 0.25) is 0 Å². The van der Waals surface area contributed by atoms with Gasteiger partial charge in [0.2, 0.25) is 0 Å². The van der Waals surface area contributed by atoms with Crippen LogP contribution in [0, 0.1) is 5.92 Å². The zero-order valence-corrected chi connectivity index (χ0v) is 9.00. The van der Waals surface area contributed by atoms with Gasteiger partial charge in [-0.3, -0.25) is 4.57 Å². The molecule has 1 rings (SSSR count). The number of hydrogen-bond donors (Lipinski definition) is 1. The molecule has 0 spiro atoms. The standard InChI is InChI=1S/C8H17O4P/c1-3-11-13(10,12-4-2)8-5-7(8)6-9/h7-9H,3-6H2,1-2H3/t7-,8-/m1/s1. The van der Waals surface area contributed by atoms with Crippen molar-refractivity contribution in [3.8, 4) is 0 Å². The predicted molar refractivity (Wildman–Crippen MR) is 49.8 cm³/mol. The maximum atomic E-state index is 12.0. The summed E-state index contributed by atoms with van der Waals surface area (Å²) >= 11 is 0. The molecule has 1 N–H and O–H groups in total. The van der Waals surface area contributed by atoms with Crippen LogP contribution in [-0.4, -0.2) is 30.6 Å². The SMILES string of the molecule is CCOP(=O)(OCC)[C@@H]1C[C@@H]1CO. The van der Waals surface area contributed by atoms with Crippen LogP contribution in [0.4, 0.5) is 0 Å². The lowest BCUT2D eigenvalue weighted by molar-refractivity contribution is 0.214. The van der Waals surface area contributed by atoms with Crippen molar-refractivity contribution in [2.24, 2.45) is 5.92 Å². The second-order valence-corrected chi connectivity index (χ2v) is 5.38. The van der Waals surface area contributed by atoms with Crippen LogP contribution in [0.5, 0.6) is 0 Å². The largest absolute Gasteiger partial charge is 0.396 e. The molecular formula is C8H17O4P. The molecule has 0 bridgehead atoms. The van der Waals surface area contributed by atoms with E-state index in [2.05, 4.69) is 0 Å². The summed E-state index contributed by atoms with van der Waals surface area (Å²) in [6, 6.07) is 0. The summed E-state index contributed by atoms with van der Waals surface area (Å²) in [6.45, 7) is 4.46. The van der Waals surface area contributed by atoms with Gasteiger partial charge in [-0.1, -0.05) is 0 Å². The van der Waals surface area contributed by atoms with E-state index < -0.39 is 7.60 Å². The Morgan fingerprint density at radius 3 is 2.23 bits per heavy atom. The molecule has 0 aromatic rings. The highest BCUT2D eigenvalue weighted by Crippen LogP contribution is 2.64. The van der Waals surface area contributed by atoms with E-state index in [1.54, 1.807) is 13.8 Å². The lowest BCUT2D eigenvalue weighted by atomic mass is 10.5. The minimum Gasteiger partial charge on any atom is -0.396 e. The van der Waals surface area contributed by atoms with Gasteiger partial charge in [-0.2, -0.15) is 0 Å². The normalized spacial score (nSPS) is 27.6. The Morgan fingerprint density at radius 2 is 1.92 bits per heavy atom. The van der Waals surface area contributed by atoms with Gasteiger partial charge in [0.15, 0.2) is 0 Å². The highest BCUT2D eigenvalue weighted by molar-refractivity contribution is 7.55. The van der Waals surface area contributed by atoms with E-state index >= 15 is 0 Å². The van der Waals surface area contributed by atoms with Crippen molar-refractivity contribution in [2.45, 2.75) is 25.9 Å². The predicted octanol–water partition coefficient (Wildman–Crippen LogP) is 1.63. The molecule has 1 aliphatic carbocycles. The highest BCUT2D eigenvalue weighted by atomic mass is 31.2. The third kappa shape index (κ3) is 2.53. The van der Waals surface area contributed by atoms with Crippen molar-refractivity contribution in [2.75, 3.05) is 19.8 Å². The molecule has 78 valence electrons. The van der Waals surface area contributed by atoms with Crippen LogP contribution in [0.1, 0.15) is 20.3 Å². The Labute approximate surface area is 78.8 Å².